The SMILES string of the molecule is CCN[C@H](C)CNC(=O)c1cc(Br)c2c(c1)OCO2. The summed E-state index contributed by atoms with van der Waals surface area (Å²) in [6.07, 6.45) is 0. The third kappa shape index (κ3) is 3.39. The monoisotopic (exact) mass is 328 g/mol. The quantitative estimate of drug-likeness (QED) is 0.866. The average molecular weight is 329 g/mol. The number of carbonyl (C=O) groups excluding carboxylic acids is 1. The molecule has 1 heterocycles. The molecule has 0 spiro atoms. The summed E-state index contributed by atoms with van der Waals surface area (Å²) in [7, 11) is 0. The second-order valence-corrected chi connectivity index (χ2v) is 5.21. The predicted molar refractivity (Wildman–Crippen MR) is 75.7 cm³/mol. The van der Waals surface area contributed by atoms with Gasteiger partial charge in [0.15, 0.2) is 11.5 Å². The van der Waals surface area contributed by atoms with Crippen LogP contribution < -0.4 is 20.1 Å². The fourth-order valence-electron chi connectivity index (χ4n) is 1.87. The molecule has 1 atom stereocenters. The summed E-state index contributed by atoms with van der Waals surface area (Å²) in [6, 6.07) is 3.67. The number of nitrogens with one attached hydrogen (secondary N) is 2. The molecule has 1 aliphatic heterocycles. The van der Waals surface area contributed by atoms with Crippen molar-refractivity contribution in [3.63, 3.8) is 0 Å². The molecule has 0 bridgehead atoms. The highest BCUT2D eigenvalue weighted by atomic mass is 79.9. The maximum Gasteiger partial charge on any atom is 0.251 e. The molecule has 5 nitrogen and oxygen atoms in total. The lowest BCUT2D eigenvalue weighted by Crippen LogP contribution is -2.38. The van der Waals surface area contributed by atoms with Crippen LogP contribution in [-0.4, -0.2) is 31.8 Å². The summed E-state index contributed by atoms with van der Waals surface area (Å²) in [5, 5.41) is 6.12. The van der Waals surface area contributed by atoms with E-state index < -0.39 is 0 Å². The minimum atomic E-state index is -0.122. The van der Waals surface area contributed by atoms with Gasteiger partial charge in [-0.1, -0.05) is 6.92 Å². The van der Waals surface area contributed by atoms with Gasteiger partial charge >= 0.3 is 0 Å². The highest BCUT2D eigenvalue weighted by Crippen LogP contribution is 2.39. The number of likely N-dealkylation sites (N-methyl/N-ethyl adjacent to an activating group) is 1. The van der Waals surface area contributed by atoms with Crippen molar-refractivity contribution in [1.29, 1.82) is 0 Å². The molecule has 1 amide bonds. The van der Waals surface area contributed by atoms with Gasteiger partial charge in [-0.2, -0.15) is 0 Å². The summed E-state index contributed by atoms with van der Waals surface area (Å²) in [5.41, 5.74) is 0.555. The van der Waals surface area contributed by atoms with Crippen molar-refractivity contribution >= 4 is 21.8 Å². The van der Waals surface area contributed by atoms with E-state index in [9.17, 15) is 4.79 Å². The average Bonchev–Trinajstić information content (AvgIpc) is 2.85. The molecule has 0 saturated heterocycles. The number of hydrogen-bond acceptors (Lipinski definition) is 4. The Morgan fingerprint density at radius 2 is 2.26 bits per heavy atom. The number of hydrogen-bond donors (Lipinski definition) is 2. The lowest BCUT2D eigenvalue weighted by molar-refractivity contribution is 0.0949. The van der Waals surface area contributed by atoms with Gasteiger partial charge in [-0.3, -0.25) is 4.79 Å². The number of ether oxygens (including phenoxy) is 2. The van der Waals surface area contributed by atoms with E-state index in [0.29, 0.717) is 23.6 Å². The largest absolute Gasteiger partial charge is 0.454 e. The van der Waals surface area contributed by atoms with Crippen LogP contribution in [0.2, 0.25) is 0 Å². The van der Waals surface area contributed by atoms with Gasteiger partial charge in [0.1, 0.15) is 0 Å². The van der Waals surface area contributed by atoms with E-state index in [4.69, 9.17) is 9.47 Å². The maximum atomic E-state index is 12.0. The number of amides is 1. The van der Waals surface area contributed by atoms with Crippen molar-refractivity contribution < 1.29 is 14.3 Å². The van der Waals surface area contributed by atoms with Crippen molar-refractivity contribution in [2.45, 2.75) is 19.9 Å². The van der Waals surface area contributed by atoms with E-state index in [1.165, 1.54) is 0 Å². The molecule has 2 rings (SSSR count). The van der Waals surface area contributed by atoms with Crippen LogP contribution in [-0.2, 0) is 0 Å². The molecule has 0 radical (unpaired) electrons. The zero-order chi connectivity index (χ0) is 13.8. The van der Waals surface area contributed by atoms with Crippen LogP contribution in [0.15, 0.2) is 16.6 Å². The van der Waals surface area contributed by atoms with Crippen molar-refractivity contribution in [2.24, 2.45) is 0 Å². The number of halogens is 1. The number of fused-ring (bicyclic) bond motifs is 1. The fourth-order valence-corrected chi connectivity index (χ4v) is 2.42. The third-order valence-corrected chi connectivity index (χ3v) is 3.40. The summed E-state index contributed by atoms with van der Waals surface area (Å²) in [6.45, 7) is 5.72. The smallest absolute Gasteiger partial charge is 0.251 e. The first-order valence-electron chi connectivity index (χ1n) is 6.22. The summed E-state index contributed by atoms with van der Waals surface area (Å²) in [5.74, 6) is 1.13. The first-order chi connectivity index (χ1) is 9.11. The molecular formula is C13H17BrN2O3. The van der Waals surface area contributed by atoms with Crippen LogP contribution in [0.1, 0.15) is 24.2 Å². The second-order valence-electron chi connectivity index (χ2n) is 4.36. The van der Waals surface area contributed by atoms with Crippen LogP contribution in [0, 0.1) is 0 Å². The van der Waals surface area contributed by atoms with Gasteiger partial charge in [0, 0.05) is 18.2 Å². The lowest BCUT2D eigenvalue weighted by Gasteiger charge is -2.13. The summed E-state index contributed by atoms with van der Waals surface area (Å²) >= 11 is 3.37. The van der Waals surface area contributed by atoms with E-state index in [1.54, 1.807) is 12.1 Å². The van der Waals surface area contributed by atoms with Gasteiger partial charge in [0.05, 0.1) is 4.47 Å². The van der Waals surface area contributed by atoms with E-state index in [0.717, 1.165) is 11.0 Å². The molecule has 6 heteroatoms. The standard InChI is InChI=1S/C13H17BrN2O3/c1-3-15-8(2)6-16-13(17)9-4-10(14)12-11(5-9)18-7-19-12/h4-5,8,15H,3,6-7H2,1-2H3,(H,16,17)/t8-/m1/s1. The van der Waals surface area contributed by atoms with E-state index in [2.05, 4.69) is 26.6 Å². The second kappa shape index (κ2) is 6.25. The Labute approximate surface area is 120 Å². The first-order valence-corrected chi connectivity index (χ1v) is 7.01. The molecule has 0 saturated carbocycles. The van der Waals surface area contributed by atoms with Crippen molar-refractivity contribution in [2.75, 3.05) is 19.9 Å². The first kappa shape index (κ1) is 14.1. The van der Waals surface area contributed by atoms with E-state index in [-0.39, 0.29) is 18.7 Å². The van der Waals surface area contributed by atoms with Crippen LogP contribution in [0.5, 0.6) is 11.5 Å². The highest BCUT2D eigenvalue weighted by Gasteiger charge is 2.20. The van der Waals surface area contributed by atoms with Crippen molar-refractivity contribution in [1.82, 2.24) is 10.6 Å². The molecule has 0 unspecified atom stereocenters. The lowest BCUT2D eigenvalue weighted by atomic mass is 10.2. The number of benzene rings is 1. The molecule has 2 N–H and O–H groups in total. The Morgan fingerprint density at radius 3 is 3.00 bits per heavy atom. The molecule has 0 fully saturated rings. The molecule has 0 aliphatic carbocycles. The van der Waals surface area contributed by atoms with Gasteiger partial charge in [0.25, 0.3) is 5.91 Å². The van der Waals surface area contributed by atoms with E-state index in [1.807, 2.05) is 13.8 Å². The van der Waals surface area contributed by atoms with Crippen molar-refractivity contribution in [3.8, 4) is 11.5 Å². The molecule has 1 aromatic rings. The highest BCUT2D eigenvalue weighted by molar-refractivity contribution is 9.10. The Bertz CT molecular complexity index is 479. The molecule has 104 valence electrons. The summed E-state index contributed by atoms with van der Waals surface area (Å²) < 4.78 is 11.3. The van der Waals surface area contributed by atoms with Gasteiger partial charge in [-0.15, -0.1) is 0 Å². The van der Waals surface area contributed by atoms with Crippen LogP contribution in [0.4, 0.5) is 0 Å². The molecule has 1 aliphatic rings. The third-order valence-electron chi connectivity index (χ3n) is 2.81. The fraction of sp³-hybridized carbons (Fsp3) is 0.462. The molecule has 1 aromatic carbocycles. The Kier molecular flexibility index (Phi) is 4.66. The van der Waals surface area contributed by atoms with Gasteiger partial charge in [-0.25, -0.2) is 0 Å². The van der Waals surface area contributed by atoms with Gasteiger partial charge < -0.3 is 20.1 Å². The molecular weight excluding hydrogens is 312 g/mol. The topological polar surface area (TPSA) is 59.6 Å². The zero-order valence-corrected chi connectivity index (χ0v) is 12.5. The van der Waals surface area contributed by atoms with Gasteiger partial charge in [0.2, 0.25) is 6.79 Å². The molecule has 19 heavy (non-hydrogen) atoms. The van der Waals surface area contributed by atoms with E-state index >= 15 is 0 Å². The zero-order valence-electron chi connectivity index (χ0n) is 11.0. The predicted octanol–water partition coefficient (Wildman–Crippen LogP) is 1.91. The normalized spacial score (nSPS) is 14.3. The number of carbonyl (C=O) groups is 1. The Balaban J connectivity index is 2.02. The van der Waals surface area contributed by atoms with Crippen molar-refractivity contribution in [3.05, 3.63) is 22.2 Å². The Hall–Kier alpha value is -1.27. The maximum absolute atomic E-state index is 12.0. The van der Waals surface area contributed by atoms with Crippen LogP contribution >= 0.6 is 15.9 Å². The molecule has 0 aromatic heterocycles. The minimum Gasteiger partial charge on any atom is -0.454 e. The van der Waals surface area contributed by atoms with Crippen LogP contribution in [0.3, 0.4) is 0 Å². The number of rotatable bonds is 5. The van der Waals surface area contributed by atoms with Crippen LogP contribution in [0.25, 0.3) is 0 Å². The summed E-state index contributed by atoms with van der Waals surface area (Å²) in [4.78, 5) is 12.0. The minimum absolute atomic E-state index is 0.122. The Morgan fingerprint density at radius 1 is 1.47 bits per heavy atom. The van der Waals surface area contributed by atoms with Gasteiger partial charge in [-0.05, 0) is 41.5 Å².